The molecule has 2 heterocycles. The van der Waals surface area contributed by atoms with Gasteiger partial charge in [-0.2, -0.15) is 21.1 Å². The number of aliphatic hydroxyl groups excluding tert-OH is 2. The molecular formula is C32H61N3O12P2S. The van der Waals surface area contributed by atoms with Gasteiger partial charge in [-0.1, -0.05) is 103 Å². The summed E-state index contributed by atoms with van der Waals surface area (Å²) in [6, 6.07) is 1.29. The normalized spacial score (nSPS) is 21.4. The van der Waals surface area contributed by atoms with Crippen molar-refractivity contribution in [3.05, 3.63) is 22.7 Å². The Bertz CT molecular complexity index is 1210. The summed E-state index contributed by atoms with van der Waals surface area (Å²) in [6.45, 7) is 3.22. The number of phosphoric acid groups is 2. The van der Waals surface area contributed by atoms with Gasteiger partial charge in [0, 0.05) is 18.6 Å². The van der Waals surface area contributed by atoms with E-state index < -0.39 is 58.6 Å². The van der Waals surface area contributed by atoms with Crippen molar-refractivity contribution in [2.45, 2.75) is 147 Å². The molecule has 292 valence electrons. The second kappa shape index (κ2) is 25.2. The number of hydrogen-bond acceptors (Lipinski definition) is 13. The SMILES string of the molecule is CCCCCCCCCCCCCCCCCCSCC(COP(=O)(OC[C@H]1O[C@@H](n2ccc(N)nc2=O)[C@@H](O)[C@@H]1O)OP(=O)(O)O)OCC. The number of nitrogens with two attached hydrogens (primary N) is 1. The fraction of sp³-hybridized carbons (Fsp3) is 0.875. The summed E-state index contributed by atoms with van der Waals surface area (Å²) in [5.74, 6) is 1.31. The summed E-state index contributed by atoms with van der Waals surface area (Å²) in [5.41, 5.74) is 4.64. The van der Waals surface area contributed by atoms with E-state index in [1.165, 1.54) is 102 Å². The highest BCUT2D eigenvalue weighted by atomic mass is 32.2. The summed E-state index contributed by atoms with van der Waals surface area (Å²) < 4.78 is 51.8. The van der Waals surface area contributed by atoms with Crippen molar-refractivity contribution in [3.8, 4) is 0 Å². The number of aliphatic hydroxyl groups is 2. The number of nitrogens with zero attached hydrogens (tertiary/aromatic N) is 2. The van der Waals surface area contributed by atoms with Crippen molar-refractivity contribution in [1.82, 2.24) is 9.55 Å². The van der Waals surface area contributed by atoms with Crippen LogP contribution in [-0.2, 0) is 32.0 Å². The van der Waals surface area contributed by atoms with E-state index in [0.717, 1.165) is 23.2 Å². The van der Waals surface area contributed by atoms with Crippen molar-refractivity contribution < 1.29 is 52.0 Å². The number of rotatable bonds is 30. The molecule has 1 aliphatic heterocycles. The summed E-state index contributed by atoms with van der Waals surface area (Å²) in [4.78, 5) is 34.5. The quantitative estimate of drug-likeness (QED) is 0.0441. The molecule has 2 rings (SSSR count). The fourth-order valence-electron chi connectivity index (χ4n) is 5.62. The van der Waals surface area contributed by atoms with Crippen molar-refractivity contribution in [3.63, 3.8) is 0 Å². The fourth-order valence-corrected chi connectivity index (χ4v) is 8.82. The average molecular weight is 774 g/mol. The van der Waals surface area contributed by atoms with Crippen molar-refractivity contribution in [1.29, 1.82) is 0 Å². The first-order valence-corrected chi connectivity index (χ1v) is 22.2. The van der Waals surface area contributed by atoms with E-state index in [9.17, 15) is 33.9 Å². The summed E-state index contributed by atoms with van der Waals surface area (Å²) in [5, 5.41) is 20.9. The number of unbranched alkanes of at least 4 members (excludes halogenated alkanes) is 15. The van der Waals surface area contributed by atoms with E-state index in [-0.39, 0.29) is 12.4 Å². The molecule has 50 heavy (non-hydrogen) atoms. The summed E-state index contributed by atoms with van der Waals surface area (Å²) in [6.07, 6.45) is 15.4. The van der Waals surface area contributed by atoms with E-state index >= 15 is 0 Å². The van der Waals surface area contributed by atoms with Crippen LogP contribution in [-0.4, -0.2) is 85.3 Å². The van der Waals surface area contributed by atoms with Gasteiger partial charge in [0.1, 0.15) is 24.1 Å². The first-order valence-electron chi connectivity index (χ1n) is 18.1. The van der Waals surface area contributed by atoms with Crippen LogP contribution >= 0.6 is 27.4 Å². The molecule has 1 aliphatic rings. The zero-order valence-corrected chi connectivity index (χ0v) is 32.3. The lowest BCUT2D eigenvalue weighted by molar-refractivity contribution is -0.0562. The van der Waals surface area contributed by atoms with Gasteiger partial charge < -0.3 is 35.2 Å². The number of thioether (sulfide) groups is 1. The van der Waals surface area contributed by atoms with Gasteiger partial charge in [0.05, 0.1) is 19.3 Å². The maximum Gasteiger partial charge on any atom is 0.483 e. The smallest absolute Gasteiger partial charge is 0.387 e. The van der Waals surface area contributed by atoms with Gasteiger partial charge in [-0.05, 0) is 25.2 Å². The first-order chi connectivity index (χ1) is 23.9. The number of aromatic nitrogens is 2. The molecule has 0 spiro atoms. The van der Waals surface area contributed by atoms with Crippen LogP contribution in [0.1, 0.15) is 123 Å². The van der Waals surface area contributed by atoms with E-state index in [4.69, 9.17) is 24.3 Å². The molecule has 2 unspecified atom stereocenters. The monoisotopic (exact) mass is 773 g/mol. The third-order valence-electron chi connectivity index (χ3n) is 8.33. The lowest BCUT2D eigenvalue weighted by atomic mass is 10.0. The molecule has 0 saturated carbocycles. The van der Waals surface area contributed by atoms with Crippen molar-refractivity contribution >= 4 is 33.2 Å². The highest BCUT2D eigenvalue weighted by molar-refractivity contribution is 7.99. The zero-order chi connectivity index (χ0) is 36.8. The standard InChI is InChI=1S/C32H61N3O12P2S/c1-3-5-6-7-8-9-10-11-12-13-14-15-16-17-18-19-22-50-25-26(43-4-2)23-44-49(42,47-48(39,40)41)45-24-27-29(36)30(37)31(46-27)35-21-20-28(33)34-32(35)38/h20-21,26-27,29-31,36-37H,3-19,22-25H2,1-2H3,(H2,33,34,38)(H2,39,40,41)/t26?,27-,29-,30+,31-,49?/m1/s1. The molecule has 0 bridgehead atoms. The van der Waals surface area contributed by atoms with Crippen LogP contribution in [0.5, 0.6) is 0 Å². The van der Waals surface area contributed by atoms with E-state index in [1.807, 2.05) is 0 Å². The van der Waals surface area contributed by atoms with Gasteiger partial charge >= 0.3 is 21.3 Å². The molecule has 1 aromatic rings. The van der Waals surface area contributed by atoms with Gasteiger partial charge in [0.2, 0.25) is 0 Å². The maximum atomic E-state index is 13.3. The Morgan fingerprint density at radius 3 is 1.98 bits per heavy atom. The summed E-state index contributed by atoms with van der Waals surface area (Å²) in [7, 11) is -10.3. The van der Waals surface area contributed by atoms with Crippen LogP contribution in [0.2, 0.25) is 0 Å². The lowest BCUT2D eigenvalue weighted by Gasteiger charge is -2.23. The third kappa shape index (κ3) is 18.8. The first kappa shape index (κ1) is 45.3. The molecular weight excluding hydrogens is 712 g/mol. The number of phosphoric ester groups is 1. The minimum Gasteiger partial charge on any atom is -0.387 e. The topological polar surface area (TPSA) is 222 Å². The Morgan fingerprint density at radius 1 is 0.900 bits per heavy atom. The van der Waals surface area contributed by atoms with E-state index in [2.05, 4.69) is 16.2 Å². The van der Waals surface area contributed by atoms with Crippen molar-refractivity contribution in [2.24, 2.45) is 0 Å². The van der Waals surface area contributed by atoms with Gasteiger partial charge in [-0.3, -0.25) is 13.6 Å². The predicted octanol–water partition coefficient (Wildman–Crippen LogP) is 6.10. The molecule has 0 aliphatic carbocycles. The van der Waals surface area contributed by atoms with E-state index in [0.29, 0.717) is 12.4 Å². The lowest BCUT2D eigenvalue weighted by Crippen LogP contribution is -2.36. The number of nitrogen functional groups attached to an aromatic ring is 1. The van der Waals surface area contributed by atoms with Gasteiger partial charge in [0.15, 0.2) is 6.23 Å². The molecule has 6 N–H and O–H groups in total. The van der Waals surface area contributed by atoms with Crippen LogP contribution in [0.3, 0.4) is 0 Å². The molecule has 0 amide bonds. The highest BCUT2D eigenvalue weighted by Crippen LogP contribution is 2.61. The predicted molar refractivity (Wildman–Crippen MR) is 194 cm³/mol. The molecule has 0 radical (unpaired) electrons. The molecule has 0 aromatic carbocycles. The van der Waals surface area contributed by atoms with Crippen LogP contribution in [0, 0.1) is 0 Å². The Kier molecular flexibility index (Phi) is 22.8. The average Bonchev–Trinajstić information content (AvgIpc) is 3.33. The van der Waals surface area contributed by atoms with E-state index in [1.54, 1.807) is 18.7 Å². The number of ether oxygens (including phenoxy) is 2. The van der Waals surface area contributed by atoms with Crippen LogP contribution in [0.4, 0.5) is 5.82 Å². The van der Waals surface area contributed by atoms with Gasteiger partial charge in [0.25, 0.3) is 0 Å². The third-order valence-corrected chi connectivity index (χ3v) is 12.1. The molecule has 1 saturated heterocycles. The second-order valence-corrected chi connectivity index (χ2v) is 16.9. The van der Waals surface area contributed by atoms with Gasteiger partial charge in [-0.15, -0.1) is 0 Å². The Morgan fingerprint density at radius 2 is 1.46 bits per heavy atom. The Hall–Kier alpha value is -0.870. The largest absolute Gasteiger partial charge is 0.483 e. The zero-order valence-electron chi connectivity index (χ0n) is 29.7. The van der Waals surface area contributed by atoms with Crippen LogP contribution in [0.15, 0.2) is 17.1 Å². The number of hydrogen-bond donors (Lipinski definition) is 5. The Balaban J connectivity index is 1.68. The minimum absolute atomic E-state index is 0.0594. The van der Waals surface area contributed by atoms with Gasteiger partial charge in [-0.25, -0.2) is 13.9 Å². The second-order valence-electron chi connectivity index (χ2n) is 12.7. The number of anilines is 1. The molecule has 6 atom stereocenters. The van der Waals surface area contributed by atoms with Crippen molar-refractivity contribution in [2.75, 3.05) is 37.1 Å². The molecule has 1 aromatic heterocycles. The molecule has 18 heteroatoms. The minimum atomic E-state index is -5.36. The Labute approximate surface area is 301 Å². The van der Waals surface area contributed by atoms with Crippen LogP contribution < -0.4 is 11.4 Å². The highest BCUT2D eigenvalue weighted by Gasteiger charge is 2.46. The maximum absolute atomic E-state index is 13.3. The molecule has 15 nitrogen and oxygen atoms in total. The van der Waals surface area contributed by atoms with Crippen LogP contribution in [0.25, 0.3) is 0 Å². The molecule has 1 fully saturated rings. The summed E-state index contributed by atoms with van der Waals surface area (Å²) >= 11 is 1.63.